The molecule has 1 saturated carbocycles. The number of nitrogens with zero attached hydrogens (tertiary/aromatic N) is 3. The third kappa shape index (κ3) is 1.81. The van der Waals surface area contributed by atoms with E-state index in [0.717, 1.165) is 30.3 Å². The van der Waals surface area contributed by atoms with Gasteiger partial charge in [-0.25, -0.2) is 9.50 Å². The van der Waals surface area contributed by atoms with Crippen molar-refractivity contribution in [2.45, 2.75) is 31.6 Å². The molecule has 0 spiro atoms. The fourth-order valence-electron chi connectivity index (χ4n) is 2.59. The second-order valence-electron chi connectivity index (χ2n) is 4.69. The SMILES string of the molecule is O=Cc1cc(C2CCC(=O)CC2)c2ncnn2c1. The molecule has 1 aliphatic rings. The van der Waals surface area contributed by atoms with Crippen molar-refractivity contribution in [1.29, 1.82) is 0 Å². The maximum Gasteiger partial charge on any atom is 0.158 e. The summed E-state index contributed by atoms with van der Waals surface area (Å²) in [5, 5.41) is 4.08. The minimum atomic E-state index is 0.300. The van der Waals surface area contributed by atoms with E-state index in [1.54, 1.807) is 10.7 Å². The van der Waals surface area contributed by atoms with Crippen LogP contribution >= 0.6 is 0 Å². The molecule has 0 bridgehead atoms. The predicted octanol–water partition coefficient (Wildman–Crippen LogP) is 1.77. The first-order valence-electron chi connectivity index (χ1n) is 6.08. The Hall–Kier alpha value is -2.04. The van der Waals surface area contributed by atoms with Gasteiger partial charge in [-0.1, -0.05) is 0 Å². The van der Waals surface area contributed by atoms with Crippen molar-refractivity contribution in [2.75, 3.05) is 0 Å². The molecule has 0 aliphatic heterocycles. The molecular weight excluding hydrogens is 230 g/mol. The molecule has 3 rings (SSSR count). The molecule has 0 aromatic carbocycles. The Labute approximate surface area is 104 Å². The number of ketones is 1. The molecule has 2 heterocycles. The van der Waals surface area contributed by atoms with Gasteiger partial charge < -0.3 is 0 Å². The zero-order valence-corrected chi connectivity index (χ0v) is 9.87. The normalized spacial score (nSPS) is 17.2. The van der Waals surface area contributed by atoms with Crippen LogP contribution in [0.5, 0.6) is 0 Å². The molecule has 0 radical (unpaired) electrons. The lowest BCUT2D eigenvalue weighted by molar-refractivity contribution is -0.120. The molecule has 18 heavy (non-hydrogen) atoms. The second kappa shape index (κ2) is 4.33. The van der Waals surface area contributed by atoms with Gasteiger partial charge in [0.15, 0.2) is 11.9 Å². The lowest BCUT2D eigenvalue weighted by atomic mass is 9.83. The van der Waals surface area contributed by atoms with E-state index in [-0.39, 0.29) is 0 Å². The van der Waals surface area contributed by atoms with Gasteiger partial charge in [-0.2, -0.15) is 5.10 Å². The van der Waals surface area contributed by atoms with Crippen molar-refractivity contribution in [1.82, 2.24) is 14.6 Å². The summed E-state index contributed by atoms with van der Waals surface area (Å²) < 4.78 is 1.63. The smallest absolute Gasteiger partial charge is 0.158 e. The Bertz CT molecular complexity index is 608. The van der Waals surface area contributed by atoms with E-state index in [2.05, 4.69) is 10.1 Å². The lowest BCUT2D eigenvalue weighted by Gasteiger charge is -2.21. The molecule has 1 aliphatic carbocycles. The largest absolute Gasteiger partial charge is 0.300 e. The van der Waals surface area contributed by atoms with Crippen LogP contribution in [0.3, 0.4) is 0 Å². The van der Waals surface area contributed by atoms with Crippen LogP contribution in [-0.2, 0) is 4.79 Å². The Kier molecular flexibility index (Phi) is 2.66. The fraction of sp³-hybridized carbons (Fsp3) is 0.385. The molecule has 92 valence electrons. The zero-order valence-electron chi connectivity index (χ0n) is 9.87. The molecule has 1 fully saturated rings. The average Bonchev–Trinajstić information content (AvgIpc) is 2.86. The predicted molar refractivity (Wildman–Crippen MR) is 64.6 cm³/mol. The number of aromatic nitrogens is 3. The highest BCUT2D eigenvalue weighted by Crippen LogP contribution is 2.33. The number of rotatable bonds is 2. The molecule has 5 heteroatoms. The number of hydrogen-bond donors (Lipinski definition) is 0. The van der Waals surface area contributed by atoms with Crippen LogP contribution in [0.4, 0.5) is 0 Å². The summed E-state index contributed by atoms with van der Waals surface area (Å²) in [4.78, 5) is 26.5. The molecule has 0 unspecified atom stereocenters. The van der Waals surface area contributed by atoms with Crippen LogP contribution in [0.1, 0.15) is 47.5 Å². The maximum atomic E-state index is 11.3. The first-order valence-corrected chi connectivity index (χ1v) is 6.08. The molecule has 0 N–H and O–H groups in total. The van der Waals surface area contributed by atoms with E-state index in [1.807, 2.05) is 6.07 Å². The van der Waals surface area contributed by atoms with Crippen molar-refractivity contribution in [3.63, 3.8) is 0 Å². The molecular formula is C13H13N3O2. The van der Waals surface area contributed by atoms with Gasteiger partial charge in [0.2, 0.25) is 0 Å². The summed E-state index contributed by atoms with van der Waals surface area (Å²) >= 11 is 0. The minimum absolute atomic E-state index is 0.300. The van der Waals surface area contributed by atoms with Crippen molar-refractivity contribution < 1.29 is 9.59 Å². The summed E-state index contributed by atoms with van der Waals surface area (Å²) in [6.07, 6.45) is 6.90. The number of fused-ring (bicyclic) bond motifs is 1. The summed E-state index contributed by atoms with van der Waals surface area (Å²) in [5.74, 6) is 0.629. The summed E-state index contributed by atoms with van der Waals surface area (Å²) in [6, 6.07) is 1.87. The van der Waals surface area contributed by atoms with Gasteiger partial charge in [0.05, 0.1) is 0 Å². The number of pyridine rings is 1. The highest BCUT2D eigenvalue weighted by atomic mass is 16.1. The van der Waals surface area contributed by atoms with Crippen LogP contribution in [-0.4, -0.2) is 26.7 Å². The van der Waals surface area contributed by atoms with Gasteiger partial charge in [0.1, 0.15) is 12.1 Å². The zero-order chi connectivity index (χ0) is 12.5. The highest BCUT2D eigenvalue weighted by Gasteiger charge is 2.23. The Balaban J connectivity index is 2.06. The monoisotopic (exact) mass is 243 g/mol. The van der Waals surface area contributed by atoms with E-state index >= 15 is 0 Å². The molecule has 0 saturated heterocycles. The topological polar surface area (TPSA) is 64.3 Å². The first kappa shape index (κ1) is 11.1. The van der Waals surface area contributed by atoms with Gasteiger partial charge >= 0.3 is 0 Å². The standard InChI is InChI=1S/C13H13N3O2/c17-7-9-5-12(10-1-3-11(18)4-2-10)13-14-8-15-16(13)6-9/h5-8,10H,1-4H2. The van der Waals surface area contributed by atoms with Crippen molar-refractivity contribution in [3.05, 3.63) is 29.7 Å². The van der Waals surface area contributed by atoms with Gasteiger partial charge in [0.25, 0.3) is 0 Å². The molecule has 2 aromatic rings. The van der Waals surface area contributed by atoms with E-state index in [9.17, 15) is 9.59 Å². The summed E-state index contributed by atoms with van der Waals surface area (Å²) in [5.41, 5.74) is 2.42. The van der Waals surface area contributed by atoms with Crippen LogP contribution in [0, 0.1) is 0 Å². The third-order valence-electron chi connectivity index (χ3n) is 3.54. The number of carbonyl (C=O) groups excluding carboxylic acids is 2. The summed E-state index contributed by atoms with van der Waals surface area (Å²) in [7, 11) is 0. The van der Waals surface area contributed by atoms with Crippen LogP contribution in [0.2, 0.25) is 0 Å². The minimum Gasteiger partial charge on any atom is -0.300 e. The molecule has 0 atom stereocenters. The Morgan fingerprint density at radius 1 is 1.33 bits per heavy atom. The van der Waals surface area contributed by atoms with Gasteiger partial charge in [0, 0.05) is 30.2 Å². The van der Waals surface area contributed by atoms with E-state index in [1.165, 1.54) is 6.33 Å². The summed E-state index contributed by atoms with van der Waals surface area (Å²) in [6.45, 7) is 0. The van der Waals surface area contributed by atoms with Crippen LogP contribution in [0.25, 0.3) is 5.65 Å². The van der Waals surface area contributed by atoms with Crippen molar-refractivity contribution >= 4 is 17.7 Å². The lowest BCUT2D eigenvalue weighted by Crippen LogP contribution is -2.13. The van der Waals surface area contributed by atoms with E-state index in [0.29, 0.717) is 30.1 Å². The van der Waals surface area contributed by atoms with Crippen molar-refractivity contribution in [2.24, 2.45) is 0 Å². The van der Waals surface area contributed by atoms with Gasteiger partial charge in [-0.15, -0.1) is 0 Å². The second-order valence-corrected chi connectivity index (χ2v) is 4.69. The quantitative estimate of drug-likeness (QED) is 0.754. The number of carbonyl (C=O) groups is 2. The maximum absolute atomic E-state index is 11.3. The van der Waals surface area contributed by atoms with Crippen LogP contribution in [0.15, 0.2) is 18.6 Å². The number of Topliss-reactive ketones (excluding diaryl/α,β-unsaturated/α-hetero) is 1. The number of hydrogen-bond acceptors (Lipinski definition) is 4. The van der Waals surface area contributed by atoms with Crippen molar-refractivity contribution in [3.8, 4) is 0 Å². The highest BCUT2D eigenvalue weighted by molar-refractivity contribution is 5.80. The first-order chi connectivity index (χ1) is 8.78. The van der Waals surface area contributed by atoms with Gasteiger partial charge in [-0.05, 0) is 24.8 Å². The fourth-order valence-corrected chi connectivity index (χ4v) is 2.59. The third-order valence-corrected chi connectivity index (χ3v) is 3.54. The Morgan fingerprint density at radius 2 is 2.11 bits per heavy atom. The number of aldehydes is 1. The van der Waals surface area contributed by atoms with E-state index < -0.39 is 0 Å². The Morgan fingerprint density at radius 3 is 2.83 bits per heavy atom. The molecule has 0 amide bonds. The van der Waals surface area contributed by atoms with Gasteiger partial charge in [-0.3, -0.25) is 9.59 Å². The van der Waals surface area contributed by atoms with Crippen LogP contribution < -0.4 is 0 Å². The molecule has 2 aromatic heterocycles. The average molecular weight is 243 g/mol. The molecule has 5 nitrogen and oxygen atoms in total. The van der Waals surface area contributed by atoms with E-state index in [4.69, 9.17) is 0 Å².